The highest BCUT2D eigenvalue weighted by molar-refractivity contribution is 7.78. The van der Waals surface area contributed by atoms with Gasteiger partial charge in [-0.05, 0) is 57.3 Å². The van der Waals surface area contributed by atoms with Crippen LogP contribution in [0, 0.1) is 0 Å². The third kappa shape index (κ3) is 8.46. The molecule has 0 bridgehead atoms. The van der Waals surface area contributed by atoms with Crippen molar-refractivity contribution >= 4 is 32.0 Å². The Morgan fingerprint density at radius 2 is 1.57 bits per heavy atom. The van der Waals surface area contributed by atoms with E-state index in [9.17, 15) is 4.79 Å². The number of carbonyl (C=O) groups is 1. The number of thiocarbonyl (C=S) groups is 1. The Morgan fingerprint density at radius 1 is 1.05 bits per heavy atom. The van der Waals surface area contributed by atoms with Crippen LogP contribution in [0.1, 0.15) is 46.5 Å². The van der Waals surface area contributed by atoms with Gasteiger partial charge in [-0.15, -0.1) is 0 Å². The molecule has 0 aliphatic rings. The van der Waals surface area contributed by atoms with Gasteiger partial charge in [0.15, 0.2) is 0 Å². The van der Waals surface area contributed by atoms with Crippen molar-refractivity contribution in [3.63, 3.8) is 0 Å². The van der Waals surface area contributed by atoms with E-state index in [2.05, 4.69) is 17.2 Å². The van der Waals surface area contributed by atoms with Crippen LogP contribution < -0.4 is 0 Å². The molecular formula is C14H26O5SSi. The molecular weight excluding hydrogens is 308 g/mol. The molecule has 0 aromatic carbocycles. The molecule has 0 fully saturated rings. The van der Waals surface area contributed by atoms with Gasteiger partial charge in [0, 0.05) is 25.9 Å². The first-order valence-electron chi connectivity index (χ1n) is 7.44. The Hall–Kier alpha value is -0.563. The lowest BCUT2D eigenvalue weighted by Gasteiger charge is -2.28. The van der Waals surface area contributed by atoms with Gasteiger partial charge in [0.1, 0.15) is 0 Å². The zero-order valence-electron chi connectivity index (χ0n) is 13.1. The average Bonchev–Trinajstić information content (AvgIpc) is 2.43. The largest absolute Gasteiger partial charge is 0.500 e. The maximum atomic E-state index is 10.8. The fraction of sp³-hybridized carbons (Fsp3) is 0.786. The van der Waals surface area contributed by atoms with E-state index < -0.39 is 14.8 Å². The molecule has 0 amide bonds. The summed E-state index contributed by atoms with van der Waals surface area (Å²) in [6.07, 6.45) is 2.98. The molecule has 0 heterocycles. The maximum absolute atomic E-state index is 10.8. The number of rotatable bonds is 13. The van der Waals surface area contributed by atoms with Gasteiger partial charge in [-0.3, -0.25) is 0 Å². The van der Waals surface area contributed by atoms with Crippen LogP contribution in [0.15, 0.2) is 5.57 Å². The standard InChI is InChI=1S/C14H26O5SSi/c1-4-17-21(18-5-2,19-6-3)11-9-7-8-10-13(12-20)14(15)16/h4-11H2,1-3H3,(H,15,16). The predicted molar refractivity (Wildman–Crippen MR) is 87.7 cm³/mol. The molecule has 0 aliphatic heterocycles. The summed E-state index contributed by atoms with van der Waals surface area (Å²) in [6.45, 7) is 7.52. The van der Waals surface area contributed by atoms with Gasteiger partial charge >= 0.3 is 14.8 Å². The van der Waals surface area contributed by atoms with Crippen LogP contribution in [-0.4, -0.2) is 44.7 Å². The summed E-state index contributed by atoms with van der Waals surface area (Å²) >= 11 is 4.57. The van der Waals surface area contributed by atoms with Crippen molar-refractivity contribution in [2.45, 2.75) is 52.5 Å². The summed E-state index contributed by atoms with van der Waals surface area (Å²) in [5, 5.41) is 11.2. The van der Waals surface area contributed by atoms with Crippen LogP contribution in [0.3, 0.4) is 0 Å². The van der Waals surface area contributed by atoms with E-state index in [0.717, 1.165) is 25.3 Å². The van der Waals surface area contributed by atoms with Crippen molar-refractivity contribution in [2.24, 2.45) is 0 Å². The molecule has 7 heteroatoms. The van der Waals surface area contributed by atoms with Crippen molar-refractivity contribution in [2.75, 3.05) is 19.8 Å². The first-order chi connectivity index (χ1) is 10.0. The van der Waals surface area contributed by atoms with Crippen molar-refractivity contribution in [1.82, 2.24) is 0 Å². The number of hydrogen-bond acceptors (Lipinski definition) is 5. The van der Waals surface area contributed by atoms with Crippen molar-refractivity contribution in [1.29, 1.82) is 0 Å². The van der Waals surface area contributed by atoms with Crippen LogP contribution in [0.25, 0.3) is 0 Å². The Kier molecular flexibility index (Phi) is 11.7. The first-order valence-corrected chi connectivity index (χ1v) is 9.78. The summed E-state index contributed by atoms with van der Waals surface area (Å²) < 4.78 is 17.3. The highest BCUT2D eigenvalue weighted by Crippen LogP contribution is 2.20. The normalized spacial score (nSPS) is 11.2. The minimum absolute atomic E-state index is 0.174. The first kappa shape index (κ1) is 20.4. The molecule has 0 spiro atoms. The highest BCUT2D eigenvalue weighted by atomic mass is 32.1. The van der Waals surface area contributed by atoms with Crippen molar-refractivity contribution < 1.29 is 23.2 Å². The van der Waals surface area contributed by atoms with E-state index in [1.165, 1.54) is 0 Å². The van der Waals surface area contributed by atoms with Crippen LogP contribution in [0.4, 0.5) is 0 Å². The second-order valence-electron chi connectivity index (χ2n) is 4.43. The quantitative estimate of drug-likeness (QED) is 0.241. The highest BCUT2D eigenvalue weighted by Gasteiger charge is 2.39. The van der Waals surface area contributed by atoms with E-state index in [4.69, 9.17) is 18.4 Å². The minimum atomic E-state index is -2.56. The number of hydrogen-bond donors (Lipinski definition) is 1. The van der Waals surface area contributed by atoms with Crippen LogP contribution in [0.5, 0.6) is 0 Å². The fourth-order valence-electron chi connectivity index (χ4n) is 2.02. The second-order valence-corrected chi connectivity index (χ2v) is 7.36. The lowest BCUT2D eigenvalue weighted by Crippen LogP contribution is -2.45. The molecule has 0 atom stereocenters. The molecule has 0 saturated carbocycles. The van der Waals surface area contributed by atoms with Gasteiger partial charge in [-0.1, -0.05) is 6.42 Å². The molecule has 1 N–H and O–H groups in total. The minimum Gasteiger partial charge on any atom is -0.477 e. The number of unbranched alkanes of at least 4 members (excludes halogenated alkanes) is 2. The molecule has 21 heavy (non-hydrogen) atoms. The zero-order chi connectivity index (χ0) is 16.1. The van der Waals surface area contributed by atoms with E-state index in [1.807, 2.05) is 20.8 Å². The lowest BCUT2D eigenvalue weighted by molar-refractivity contribution is -0.132. The Morgan fingerprint density at radius 3 is 1.95 bits per heavy atom. The third-order valence-corrected chi connectivity index (χ3v) is 6.28. The molecule has 122 valence electrons. The zero-order valence-corrected chi connectivity index (χ0v) is 15.0. The second kappa shape index (κ2) is 12.0. The lowest BCUT2D eigenvalue weighted by atomic mass is 10.1. The monoisotopic (exact) mass is 334 g/mol. The van der Waals surface area contributed by atoms with Gasteiger partial charge in [-0.2, -0.15) is 0 Å². The van der Waals surface area contributed by atoms with Gasteiger partial charge in [-0.25, -0.2) is 4.79 Å². The summed E-state index contributed by atoms with van der Waals surface area (Å²) in [4.78, 5) is 10.8. The summed E-state index contributed by atoms with van der Waals surface area (Å²) in [5.41, 5.74) is 0.174. The number of aliphatic carboxylic acids is 1. The van der Waals surface area contributed by atoms with E-state index in [-0.39, 0.29) is 5.57 Å². The Balaban J connectivity index is 4.24. The maximum Gasteiger partial charge on any atom is 0.500 e. The van der Waals surface area contributed by atoms with Crippen molar-refractivity contribution in [3.05, 3.63) is 5.57 Å². The fourth-order valence-corrected chi connectivity index (χ4v) is 4.90. The van der Waals surface area contributed by atoms with E-state index in [1.54, 1.807) is 0 Å². The van der Waals surface area contributed by atoms with Crippen LogP contribution in [-0.2, 0) is 18.1 Å². The molecule has 0 aliphatic carbocycles. The Labute approximate surface area is 133 Å². The SMILES string of the molecule is CCO[Si](CCCCCC(=C=S)C(=O)O)(OCC)OCC. The van der Waals surface area contributed by atoms with Gasteiger partial charge in [0.25, 0.3) is 0 Å². The topological polar surface area (TPSA) is 65.0 Å². The smallest absolute Gasteiger partial charge is 0.477 e. The predicted octanol–water partition coefficient (Wildman–Crippen LogP) is 3.20. The van der Waals surface area contributed by atoms with Gasteiger partial charge < -0.3 is 18.4 Å². The summed E-state index contributed by atoms with van der Waals surface area (Å²) in [7, 11) is -2.56. The molecule has 0 aromatic rings. The number of carboxylic acids is 1. The van der Waals surface area contributed by atoms with E-state index >= 15 is 0 Å². The summed E-state index contributed by atoms with van der Waals surface area (Å²) in [5.74, 6) is -0.980. The Bertz CT molecular complexity index is 338. The van der Waals surface area contributed by atoms with Gasteiger partial charge in [0.2, 0.25) is 0 Å². The average molecular weight is 335 g/mol. The van der Waals surface area contributed by atoms with Crippen molar-refractivity contribution in [3.8, 4) is 0 Å². The van der Waals surface area contributed by atoms with E-state index in [0.29, 0.717) is 26.2 Å². The molecule has 5 nitrogen and oxygen atoms in total. The van der Waals surface area contributed by atoms with Crippen LogP contribution in [0.2, 0.25) is 6.04 Å². The molecule has 0 unspecified atom stereocenters. The molecule has 0 saturated heterocycles. The van der Waals surface area contributed by atoms with Gasteiger partial charge in [0.05, 0.1) is 5.57 Å². The molecule has 0 aromatic heterocycles. The molecule has 0 rings (SSSR count). The molecule has 0 radical (unpaired) electrons. The van der Waals surface area contributed by atoms with Crippen LogP contribution >= 0.6 is 12.2 Å². The number of carboxylic acid groups (broad SMARTS) is 1. The third-order valence-electron chi connectivity index (χ3n) is 2.88. The summed E-state index contributed by atoms with van der Waals surface area (Å²) in [6, 6.07) is 0.756.